The van der Waals surface area contributed by atoms with Gasteiger partial charge in [0.05, 0.1) is 15.3 Å². The maximum atomic E-state index is 11.4. The molecular weight excluding hydrogens is 528 g/mol. The zero-order chi connectivity index (χ0) is 28.9. The zero-order valence-electron chi connectivity index (χ0n) is 22.9. The smallest absolute Gasteiger partial charge is 0.270 e. The third-order valence-electron chi connectivity index (χ3n) is 8.12. The van der Waals surface area contributed by atoms with E-state index in [1.165, 1.54) is 6.07 Å². The van der Waals surface area contributed by atoms with E-state index in [1.807, 2.05) is 36.9 Å². The number of fused-ring (bicyclic) bond motifs is 2. The van der Waals surface area contributed by atoms with Gasteiger partial charge < -0.3 is 4.57 Å². The molecule has 2 aromatic carbocycles. The number of hydrogen-bond donors (Lipinski definition) is 0. The van der Waals surface area contributed by atoms with Crippen LogP contribution in [0.2, 0.25) is 0 Å². The van der Waals surface area contributed by atoms with Gasteiger partial charge in [-0.05, 0) is 56.4 Å². The molecule has 0 saturated heterocycles. The van der Waals surface area contributed by atoms with Crippen LogP contribution in [0, 0.1) is 20.2 Å². The maximum absolute atomic E-state index is 11.4. The van der Waals surface area contributed by atoms with Crippen LogP contribution in [0.1, 0.15) is 38.7 Å². The molecule has 0 saturated carbocycles. The number of rotatable bonds is 5. The van der Waals surface area contributed by atoms with Crippen molar-refractivity contribution < 1.29 is 14.4 Å². The van der Waals surface area contributed by atoms with Gasteiger partial charge in [0.1, 0.15) is 7.05 Å². The molecule has 1 aliphatic heterocycles. The molecule has 0 atom stereocenters. The number of nitro groups is 2. The van der Waals surface area contributed by atoms with Crippen molar-refractivity contribution >= 4 is 57.9 Å². The first-order valence-corrected chi connectivity index (χ1v) is 13.4. The molecule has 0 N–H and O–H groups in total. The number of allylic oxidation sites excluding steroid dienone is 6. The van der Waals surface area contributed by atoms with Crippen molar-refractivity contribution in [1.82, 2.24) is 4.57 Å². The van der Waals surface area contributed by atoms with Gasteiger partial charge in [0.25, 0.3) is 11.4 Å². The molecule has 5 rings (SSSR count). The molecule has 0 unspecified atom stereocenters. The SMILES string of the molecule is C=c1c(=CC=C2CCCC(C=CC3=[N+](C)c4ccc([N+](=O)[O-])cc4C3(C)C)=C2Cl)n(C)c2ccc([N+](=O)[O-])cc12. The van der Waals surface area contributed by atoms with Crippen molar-refractivity contribution in [3.05, 3.63) is 107 Å². The van der Waals surface area contributed by atoms with E-state index in [0.29, 0.717) is 5.03 Å². The predicted molar refractivity (Wildman–Crippen MR) is 160 cm³/mol. The Morgan fingerprint density at radius 1 is 1.02 bits per heavy atom. The lowest BCUT2D eigenvalue weighted by atomic mass is 9.81. The van der Waals surface area contributed by atoms with Crippen molar-refractivity contribution in [2.75, 3.05) is 7.05 Å². The van der Waals surface area contributed by atoms with Crippen LogP contribution in [0.3, 0.4) is 0 Å². The van der Waals surface area contributed by atoms with Crippen LogP contribution in [0.4, 0.5) is 17.1 Å². The van der Waals surface area contributed by atoms with Crippen molar-refractivity contribution in [2.45, 2.75) is 38.5 Å². The molecule has 9 heteroatoms. The second-order valence-electron chi connectivity index (χ2n) is 10.8. The lowest BCUT2D eigenvalue weighted by Crippen LogP contribution is -2.26. The lowest BCUT2D eigenvalue weighted by molar-refractivity contribution is -0.402. The first-order chi connectivity index (χ1) is 18.9. The highest BCUT2D eigenvalue weighted by Crippen LogP contribution is 2.41. The van der Waals surface area contributed by atoms with Crippen LogP contribution < -0.4 is 10.6 Å². The molecule has 2 aliphatic rings. The van der Waals surface area contributed by atoms with E-state index in [0.717, 1.165) is 68.8 Å². The lowest BCUT2D eigenvalue weighted by Gasteiger charge is -2.18. The first-order valence-electron chi connectivity index (χ1n) is 13.0. The molecule has 0 amide bonds. The summed E-state index contributed by atoms with van der Waals surface area (Å²) in [6.45, 7) is 8.34. The Morgan fingerprint density at radius 3 is 2.40 bits per heavy atom. The third kappa shape index (κ3) is 4.48. The average Bonchev–Trinajstić information content (AvgIpc) is 3.27. The minimum absolute atomic E-state index is 0.0397. The van der Waals surface area contributed by atoms with Gasteiger partial charge in [0, 0.05) is 75.5 Å². The number of aryl methyl sites for hydroxylation is 1. The molecule has 3 aromatic rings. The van der Waals surface area contributed by atoms with Gasteiger partial charge in [0.2, 0.25) is 5.69 Å². The second kappa shape index (κ2) is 10.0. The number of non-ortho nitro benzene ring substituents is 2. The van der Waals surface area contributed by atoms with Gasteiger partial charge in [-0.3, -0.25) is 20.2 Å². The Kier molecular flexibility index (Phi) is 6.84. The summed E-state index contributed by atoms with van der Waals surface area (Å²) in [5.74, 6) is 0. The number of hydrogen-bond acceptors (Lipinski definition) is 4. The standard InChI is InChI=1S/C31H30ClN4O4/c1-19-24-17-22(35(37)38)11-14-27(24)33(4)26(19)13-9-20-7-6-8-21(30(20)32)10-16-29-31(2,3)25-18-23(36(39)40)12-15-28(25)34(29)5/h9-18H,1,6-8H2,2-5H3/q+1. The quantitative estimate of drug-likeness (QED) is 0.217. The molecule has 40 heavy (non-hydrogen) atoms. The van der Waals surface area contributed by atoms with Crippen LogP contribution in [-0.4, -0.2) is 31.7 Å². The van der Waals surface area contributed by atoms with Gasteiger partial charge in [-0.15, -0.1) is 0 Å². The van der Waals surface area contributed by atoms with Gasteiger partial charge in [0.15, 0.2) is 5.71 Å². The van der Waals surface area contributed by atoms with E-state index in [9.17, 15) is 20.2 Å². The summed E-state index contributed by atoms with van der Waals surface area (Å²) in [5, 5.41) is 25.7. The molecule has 1 aliphatic carbocycles. The Hall–Kier alpha value is -4.30. The van der Waals surface area contributed by atoms with Crippen molar-refractivity contribution in [3.63, 3.8) is 0 Å². The van der Waals surface area contributed by atoms with E-state index in [2.05, 4.69) is 37.2 Å². The van der Waals surface area contributed by atoms with E-state index >= 15 is 0 Å². The third-order valence-corrected chi connectivity index (χ3v) is 8.60. The monoisotopic (exact) mass is 557 g/mol. The fourth-order valence-electron chi connectivity index (χ4n) is 5.86. The number of nitro benzene ring substituents is 2. The maximum Gasteiger partial charge on any atom is 0.270 e. The topological polar surface area (TPSA) is 94.2 Å². The average molecular weight is 558 g/mol. The first kappa shape index (κ1) is 27.3. The summed E-state index contributed by atoms with van der Waals surface area (Å²) in [6.07, 6.45) is 10.8. The number of benzene rings is 2. The highest BCUT2D eigenvalue weighted by atomic mass is 35.5. The van der Waals surface area contributed by atoms with Gasteiger partial charge in [-0.25, -0.2) is 0 Å². The molecule has 8 nitrogen and oxygen atoms in total. The fraction of sp³-hybridized carbons (Fsp3) is 0.258. The van der Waals surface area contributed by atoms with Crippen LogP contribution in [0.25, 0.3) is 23.6 Å². The number of aromatic nitrogens is 1. The largest absolute Gasteiger partial charge is 0.344 e. The van der Waals surface area contributed by atoms with Gasteiger partial charge >= 0.3 is 0 Å². The second-order valence-corrected chi connectivity index (χ2v) is 11.2. The summed E-state index contributed by atoms with van der Waals surface area (Å²) in [4.78, 5) is 21.8. The summed E-state index contributed by atoms with van der Waals surface area (Å²) in [6, 6.07) is 9.83. The van der Waals surface area contributed by atoms with E-state index < -0.39 is 10.3 Å². The Labute approximate surface area is 236 Å². The van der Waals surface area contributed by atoms with E-state index in [-0.39, 0.29) is 16.3 Å². The minimum atomic E-state index is -0.408. The zero-order valence-corrected chi connectivity index (χ0v) is 23.7. The molecule has 204 valence electrons. The molecule has 1 aromatic heterocycles. The number of halogens is 1. The van der Waals surface area contributed by atoms with Gasteiger partial charge in [-0.1, -0.05) is 30.3 Å². The minimum Gasteiger partial charge on any atom is -0.344 e. The fourth-order valence-corrected chi connectivity index (χ4v) is 6.17. The van der Waals surface area contributed by atoms with Gasteiger partial charge in [-0.2, -0.15) is 4.58 Å². The van der Waals surface area contributed by atoms with Crippen molar-refractivity contribution in [2.24, 2.45) is 7.05 Å². The van der Waals surface area contributed by atoms with E-state index in [1.54, 1.807) is 24.3 Å². The molecule has 0 spiro atoms. The molecule has 0 radical (unpaired) electrons. The van der Waals surface area contributed by atoms with Crippen LogP contribution in [-0.2, 0) is 12.5 Å². The van der Waals surface area contributed by atoms with Crippen LogP contribution in [0.15, 0.2) is 70.8 Å². The molecular formula is C31H30ClN4O4+. The van der Waals surface area contributed by atoms with Crippen LogP contribution >= 0.6 is 11.6 Å². The summed E-state index contributed by atoms with van der Waals surface area (Å²) in [5.41, 5.74) is 5.57. The summed E-state index contributed by atoms with van der Waals surface area (Å²) >= 11 is 6.91. The summed E-state index contributed by atoms with van der Waals surface area (Å²) < 4.78 is 4.06. The Balaban J connectivity index is 1.50. The molecule has 2 heterocycles. The van der Waals surface area contributed by atoms with Crippen molar-refractivity contribution in [3.8, 4) is 0 Å². The Bertz CT molecular complexity index is 1860. The Morgan fingerprint density at radius 2 is 1.70 bits per heavy atom. The highest BCUT2D eigenvalue weighted by Gasteiger charge is 2.44. The number of nitrogens with zero attached hydrogens (tertiary/aromatic N) is 4. The van der Waals surface area contributed by atoms with E-state index in [4.69, 9.17) is 11.6 Å². The van der Waals surface area contributed by atoms with Crippen LogP contribution in [0.5, 0.6) is 0 Å². The molecule has 0 fully saturated rings. The summed E-state index contributed by atoms with van der Waals surface area (Å²) in [7, 11) is 3.90. The van der Waals surface area contributed by atoms with Crippen molar-refractivity contribution in [1.29, 1.82) is 0 Å². The normalized spacial score (nSPS) is 18.4. The predicted octanol–water partition coefficient (Wildman–Crippen LogP) is 6.05. The molecule has 0 bridgehead atoms. The highest BCUT2D eigenvalue weighted by molar-refractivity contribution is 6.32.